The van der Waals surface area contributed by atoms with Crippen LogP contribution in [0.5, 0.6) is 0 Å². The Morgan fingerprint density at radius 2 is 1.76 bits per heavy atom. The van der Waals surface area contributed by atoms with Crippen LogP contribution in [0.1, 0.15) is 11.4 Å². The summed E-state index contributed by atoms with van der Waals surface area (Å²) >= 11 is 1.13. The molecular weight excluding hydrogens is 500 g/mol. The highest BCUT2D eigenvalue weighted by Crippen LogP contribution is 2.22. The maximum Gasteiger partial charge on any atom is 0.250 e. The van der Waals surface area contributed by atoms with Gasteiger partial charge in [-0.25, -0.2) is 5.43 Å². The lowest BCUT2D eigenvalue weighted by Gasteiger charge is -2.23. The van der Waals surface area contributed by atoms with Crippen LogP contribution in [0.15, 0.2) is 64.9 Å². The second-order valence-electron chi connectivity index (χ2n) is 8.11. The van der Waals surface area contributed by atoms with E-state index in [-0.39, 0.29) is 5.75 Å². The van der Waals surface area contributed by atoms with Crippen molar-refractivity contribution in [3.05, 3.63) is 66.0 Å². The van der Waals surface area contributed by atoms with Crippen molar-refractivity contribution in [2.24, 2.45) is 5.10 Å². The fraction of sp³-hybridized carbons (Fsp3) is 0.333. The lowest BCUT2D eigenvalue weighted by molar-refractivity contribution is -0.118. The number of rotatable bonds is 13. The normalized spacial score (nSPS) is 14.8. The number of nitrogens with one attached hydrogen (secondary N) is 2. The van der Waals surface area contributed by atoms with Crippen LogP contribution in [-0.2, 0) is 11.3 Å². The Balaban J connectivity index is 1.61. The monoisotopic (exact) mass is 530 g/mol. The van der Waals surface area contributed by atoms with Crippen molar-refractivity contribution in [3.63, 3.8) is 0 Å². The first-order valence-corrected chi connectivity index (χ1v) is 12.4. The molecule has 0 bridgehead atoms. The Morgan fingerprint density at radius 3 is 2.43 bits per heavy atom. The van der Waals surface area contributed by atoms with E-state index in [1.165, 1.54) is 0 Å². The molecule has 2 aromatic carbocycles. The van der Waals surface area contributed by atoms with E-state index < -0.39 is 36.9 Å². The molecule has 37 heavy (non-hydrogen) atoms. The predicted octanol–water partition coefficient (Wildman–Crippen LogP) is -0.182. The van der Waals surface area contributed by atoms with Crippen LogP contribution in [0, 0.1) is 6.92 Å². The molecule has 0 aliphatic heterocycles. The second-order valence-corrected chi connectivity index (χ2v) is 9.06. The second kappa shape index (κ2) is 13.8. The molecule has 0 radical (unpaired) electrons. The molecule has 0 unspecified atom stereocenters. The molecule has 4 atom stereocenters. The summed E-state index contributed by atoms with van der Waals surface area (Å²) in [6, 6.07) is 17.4. The van der Waals surface area contributed by atoms with Crippen molar-refractivity contribution in [2.45, 2.75) is 43.0 Å². The van der Waals surface area contributed by atoms with Crippen molar-refractivity contribution >= 4 is 29.6 Å². The van der Waals surface area contributed by atoms with Gasteiger partial charge in [0.15, 0.2) is 11.0 Å². The Hall–Kier alpha value is -3.33. The molecule has 7 N–H and O–H groups in total. The van der Waals surface area contributed by atoms with E-state index in [9.17, 15) is 25.2 Å². The highest BCUT2D eigenvalue weighted by Gasteiger charge is 2.29. The zero-order valence-electron chi connectivity index (χ0n) is 20.0. The molecule has 3 aromatic rings. The number of para-hydroxylation sites is 1. The molecule has 0 fully saturated rings. The molecule has 0 saturated carbocycles. The number of anilines is 1. The summed E-state index contributed by atoms with van der Waals surface area (Å²) in [4.78, 5) is 12.3. The van der Waals surface area contributed by atoms with E-state index in [0.29, 0.717) is 17.5 Å². The summed E-state index contributed by atoms with van der Waals surface area (Å²) in [5, 5.41) is 63.3. The summed E-state index contributed by atoms with van der Waals surface area (Å²) in [6.45, 7) is 1.62. The van der Waals surface area contributed by atoms with Crippen molar-refractivity contribution in [1.82, 2.24) is 20.2 Å². The topological polar surface area (TPSA) is 185 Å². The van der Waals surface area contributed by atoms with E-state index >= 15 is 0 Å². The van der Waals surface area contributed by atoms with Crippen LogP contribution in [0.4, 0.5) is 5.69 Å². The zero-order chi connectivity index (χ0) is 26.8. The van der Waals surface area contributed by atoms with Crippen molar-refractivity contribution in [2.75, 3.05) is 17.7 Å². The molecule has 0 aliphatic carbocycles. The molecule has 0 aliphatic rings. The van der Waals surface area contributed by atoms with E-state index in [2.05, 4.69) is 26.0 Å². The largest absolute Gasteiger partial charge is 0.394 e. The van der Waals surface area contributed by atoms with Crippen molar-refractivity contribution < 1.29 is 30.3 Å². The van der Waals surface area contributed by atoms with Gasteiger partial charge >= 0.3 is 0 Å². The van der Waals surface area contributed by atoms with Gasteiger partial charge in [-0.2, -0.15) is 5.10 Å². The number of aryl methyl sites for hydroxylation is 1. The number of carbonyl (C=O) groups excluding carboxylic acids is 1. The molecule has 0 spiro atoms. The summed E-state index contributed by atoms with van der Waals surface area (Å²) in [6.07, 6.45) is -6.12. The molecule has 1 aromatic heterocycles. The van der Waals surface area contributed by atoms with Gasteiger partial charge in [0, 0.05) is 11.4 Å². The Morgan fingerprint density at radius 1 is 1.05 bits per heavy atom. The minimum atomic E-state index is -1.81. The number of aliphatic hydroxyl groups excluding tert-OH is 5. The number of aromatic nitrogens is 3. The maximum absolute atomic E-state index is 12.3. The number of hydrazone groups is 1. The third kappa shape index (κ3) is 8.08. The van der Waals surface area contributed by atoms with Crippen molar-refractivity contribution in [1.29, 1.82) is 0 Å². The third-order valence-corrected chi connectivity index (χ3v) is 6.18. The number of thioether (sulfide) groups is 1. The Kier molecular flexibility index (Phi) is 10.6. The van der Waals surface area contributed by atoms with Gasteiger partial charge in [0.05, 0.1) is 25.1 Å². The number of nitrogens with zero attached hydrogens (tertiary/aromatic N) is 4. The number of carbonyl (C=O) groups is 1. The van der Waals surface area contributed by atoms with E-state index in [0.717, 1.165) is 34.9 Å². The number of hydrogen-bond acceptors (Lipinski definition) is 11. The summed E-state index contributed by atoms with van der Waals surface area (Å²) in [7, 11) is 0. The standard InChI is InChI=1S/C24H30N6O6S/c1-15-7-9-16(10-8-15)25-12-20-27-29-24(30(20)17-5-3-2-4-6-17)37-14-21(34)28-26-11-18(32)22(35)23(36)19(33)13-31/h2-11,18-19,22-23,25,31-33,35-36H,12-14H2,1H3,(H,28,34)/b26-11+/t18-,19+,22+,23-/m0/s1. The first kappa shape index (κ1) is 28.2. The number of amides is 1. The summed E-state index contributed by atoms with van der Waals surface area (Å²) in [5.41, 5.74) is 5.13. The lowest BCUT2D eigenvalue weighted by atomic mass is 10.0. The quantitative estimate of drug-likeness (QED) is 0.0888. The van der Waals surface area contributed by atoms with Gasteiger partial charge in [0.2, 0.25) is 0 Å². The molecule has 13 heteroatoms. The maximum atomic E-state index is 12.3. The zero-order valence-corrected chi connectivity index (χ0v) is 20.9. The van der Waals surface area contributed by atoms with E-state index in [1.807, 2.05) is 66.1 Å². The Bertz CT molecular complexity index is 1160. The first-order valence-electron chi connectivity index (χ1n) is 11.4. The van der Waals surface area contributed by atoms with Crippen LogP contribution < -0.4 is 10.7 Å². The average Bonchev–Trinajstić information content (AvgIpc) is 3.33. The lowest BCUT2D eigenvalue weighted by Crippen LogP contribution is -2.46. The molecule has 1 amide bonds. The van der Waals surface area contributed by atoms with Crippen LogP contribution in [0.25, 0.3) is 5.69 Å². The van der Waals surface area contributed by atoms with Gasteiger partial charge < -0.3 is 30.8 Å². The minimum absolute atomic E-state index is 0.0712. The Labute approximate surface area is 217 Å². The van der Waals surface area contributed by atoms with E-state index in [4.69, 9.17) is 5.11 Å². The van der Waals surface area contributed by atoms with Gasteiger partial charge in [-0.3, -0.25) is 9.36 Å². The number of hydrogen-bond donors (Lipinski definition) is 7. The van der Waals surface area contributed by atoms with Crippen molar-refractivity contribution in [3.8, 4) is 5.69 Å². The van der Waals surface area contributed by atoms with Crippen LogP contribution >= 0.6 is 11.8 Å². The third-order valence-electron chi connectivity index (χ3n) is 5.25. The summed E-state index contributed by atoms with van der Waals surface area (Å²) in [5.74, 6) is 0.0623. The number of aliphatic hydroxyl groups is 5. The molecule has 198 valence electrons. The molecule has 12 nitrogen and oxygen atoms in total. The van der Waals surface area contributed by atoms with Gasteiger partial charge in [0.1, 0.15) is 24.4 Å². The molecule has 1 heterocycles. The van der Waals surface area contributed by atoms with E-state index in [1.54, 1.807) is 0 Å². The molecular formula is C24H30N6O6S. The predicted molar refractivity (Wildman–Crippen MR) is 138 cm³/mol. The molecule has 0 saturated heterocycles. The van der Waals surface area contributed by atoms with Crippen LogP contribution in [0.3, 0.4) is 0 Å². The SMILES string of the molecule is Cc1ccc(NCc2nnc(SCC(=O)N/N=C/[C@H](O)[C@@H](O)[C@@H](O)[C@H](O)CO)n2-c2ccccc2)cc1. The highest BCUT2D eigenvalue weighted by atomic mass is 32.2. The summed E-state index contributed by atoms with van der Waals surface area (Å²) < 4.78 is 1.84. The first-order chi connectivity index (χ1) is 17.8. The van der Waals surface area contributed by atoms with Gasteiger partial charge in [-0.15, -0.1) is 10.2 Å². The van der Waals surface area contributed by atoms with Gasteiger partial charge in [0.25, 0.3) is 5.91 Å². The minimum Gasteiger partial charge on any atom is -0.394 e. The number of benzene rings is 2. The van der Waals surface area contributed by atoms with Crippen LogP contribution in [0.2, 0.25) is 0 Å². The highest BCUT2D eigenvalue weighted by molar-refractivity contribution is 7.99. The van der Waals surface area contributed by atoms with Crippen LogP contribution in [-0.4, -0.2) is 89.2 Å². The van der Waals surface area contributed by atoms with Gasteiger partial charge in [-0.1, -0.05) is 47.7 Å². The smallest absolute Gasteiger partial charge is 0.250 e. The molecule has 3 rings (SSSR count). The fourth-order valence-electron chi connectivity index (χ4n) is 3.17. The van der Waals surface area contributed by atoms with Gasteiger partial charge in [-0.05, 0) is 31.2 Å². The average molecular weight is 531 g/mol. The fourth-order valence-corrected chi connectivity index (χ4v) is 3.93.